The van der Waals surface area contributed by atoms with E-state index in [0.29, 0.717) is 5.92 Å². The molecular formula is C16H29N5O. The summed E-state index contributed by atoms with van der Waals surface area (Å²) in [6, 6.07) is -0.0502. The van der Waals surface area contributed by atoms with Crippen molar-refractivity contribution in [1.82, 2.24) is 25.3 Å². The van der Waals surface area contributed by atoms with Crippen molar-refractivity contribution in [3.63, 3.8) is 0 Å². The molecule has 0 saturated carbocycles. The fraction of sp³-hybridized carbons (Fsp3) is 0.750. The van der Waals surface area contributed by atoms with E-state index < -0.39 is 0 Å². The molecule has 6 nitrogen and oxygen atoms in total. The van der Waals surface area contributed by atoms with Crippen LogP contribution in [-0.4, -0.2) is 53.3 Å². The predicted octanol–water partition coefficient (Wildman–Crippen LogP) is 0.917. The van der Waals surface area contributed by atoms with Crippen molar-refractivity contribution < 1.29 is 4.79 Å². The number of carbonyl (C=O) groups excluding carboxylic acids is 1. The van der Waals surface area contributed by atoms with Crippen LogP contribution < -0.4 is 10.6 Å². The smallest absolute Gasteiger partial charge is 0.242 e. The zero-order chi connectivity index (χ0) is 16.1. The van der Waals surface area contributed by atoms with Gasteiger partial charge in [0.1, 0.15) is 6.04 Å². The Hall–Kier alpha value is -1.40. The molecule has 2 heterocycles. The Labute approximate surface area is 133 Å². The molecule has 6 heteroatoms. The number of aryl methyl sites for hydroxylation is 1. The highest BCUT2D eigenvalue weighted by atomic mass is 16.2. The number of amides is 1. The lowest BCUT2D eigenvalue weighted by molar-refractivity contribution is -0.124. The van der Waals surface area contributed by atoms with Gasteiger partial charge in [0.2, 0.25) is 5.91 Å². The number of piperidine rings is 1. The number of aromatic nitrogens is 2. The maximum absolute atomic E-state index is 12.5. The first-order chi connectivity index (χ1) is 10.5. The molecule has 1 aliphatic heterocycles. The minimum atomic E-state index is -0.331. The Morgan fingerprint density at radius 3 is 2.59 bits per heavy atom. The van der Waals surface area contributed by atoms with Gasteiger partial charge in [0, 0.05) is 44.5 Å². The summed E-state index contributed by atoms with van der Waals surface area (Å²) in [5.41, 5.74) is 0.903. The van der Waals surface area contributed by atoms with Crippen LogP contribution in [0.15, 0.2) is 12.4 Å². The summed E-state index contributed by atoms with van der Waals surface area (Å²) in [5, 5.41) is 10.4. The lowest BCUT2D eigenvalue weighted by Gasteiger charge is -2.33. The lowest BCUT2D eigenvalue weighted by Crippen LogP contribution is -2.48. The molecule has 1 atom stereocenters. The van der Waals surface area contributed by atoms with Crippen LogP contribution in [0.5, 0.6) is 0 Å². The number of likely N-dealkylation sites (N-methyl/N-ethyl adjacent to an activating group) is 1. The SMILES string of the molecule is CNC(C(=O)NC1CCN(CC(C)C)CC1)c1cnn(C)c1. The number of hydrogen-bond donors (Lipinski definition) is 2. The van der Waals surface area contributed by atoms with E-state index in [-0.39, 0.29) is 18.0 Å². The van der Waals surface area contributed by atoms with Crippen LogP contribution in [-0.2, 0) is 11.8 Å². The second kappa shape index (κ2) is 7.74. The number of likely N-dealkylation sites (tertiary alicyclic amines) is 1. The summed E-state index contributed by atoms with van der Waals surface area (Å²) in [7, 11) is 3.67. The zero-order valence-corrected chi connectivity index (χ0v) is 14.2. The maximum atomic E-state index is 12.5. The highest BCUT2D eigenvalue weighted by Crippen LogP contribution is 2.15. The maximum Gasteiger partial charge on any atom is 0.242 e. The number of nitrogens with one attached hydrogen (secondary N) is 2. The second-order valence-corrected chi connectivity index (χ2v) is 6.65. The highest BCUT2D eigenvalue weighted by Gasteiger charge is 2.25. The summed E-state index contributed by atoms with van der Waals surface area (Å²) in [4.78, 5) is 15.0. The van der Waals surface area contributed by atoms with Crippen molar-refractivity contribution in [2.75, 3.05) is 26.7 Å². The van der Waals surface area contributed by atoms with E-state index in [1.807, 2.05) is 20.3 Å². The molecule has 1 aliphatic rings. The van der Waals surface area contributed by atoms with E-state index in [4.69, 9.17) is 0 Å². The van der Waals surface area contributed by atoms with Crippen LogP contribution in [0.25, 0.3) is 0 Å². The number of rotatable bonds is 6. The van der Waals surface area contributed by atoms with Crippen LogP contribution in [0.4, 0.5) is 0 Å². The van der Waals surface area contributed by atoms with Gasteiger partial charge in [-0.1, -0.05) is 13.8 Å². The first-order valence-electron chi connectivity index (χ1n) is 8.18. The molecule has 0 radical (unpaired) electrons. The van der Waals surface area contributed by atoms with E-state index in [0.717, 1.165) is 38.0 Å². The number of nitrogens with zero attached hydrogens (tertiary/aromatic N) is 3. The minimum absolute atomic E-state index is 0.0396. The van der Waals surface area contributed by atoms with Crippen LogP contribution in [0.2, 0.25) is 0 Å². The Morgan fingerprint density at radius 2 is 2.09 bits per heavy atom. The molecule has 0 bridgehead atoms. The summed E-state index contributed by atoms with van der Waals surface area (Å²) in [5.74, 6) is 0.739. The summed E-state index contributed by atoms with van der Waals surface area (Å²) >= 11 is 0. The molecule has 1 unspecified atom stereocenters. The van der Waals surface area contributed by atoms with E-state index in [1.165, 1.54) is 0 Å². The Balaban J connectivity index is 1.84. The molecule has 124 valence electrons. The fourth-order valence-corrected chi connectivity index (χ4v) is 3.10. The van der Waals surface area contributed by atoms with Crippen molar-refractivity contribution in [3.05, 3.63) is 18.0 Å². The van der Waals surface area contributed by atoms with Gasteiger partial charge in [-0.25, -0.2) is 0 Å². The molecule has 0 spiro atoms. The molecule has 1 aromatic heterocycles. The number of hydrogen-bond acceptors (Lipinski definition) is 4. The highest BCUT2D eigenvalue weighted by molar-refractivity contribution is 5.83. The van der Waals surface area contributed by atoms with Crippen LogP contribution in [0.1, 0.15) is 38.3 Å². The monoisotopic (exact) mass is 307 g/mol. The van der Waals surface area contributed by atoms with Crippen molar-refractivity contribution >= 4 is 5.91 Å². The van der Waals surface area contributed by atoms with Gasteiger partial charge in [-0.2, -0.15) is 5.10 Å². The van der Waals surface area contributed by atoms with E-state index >= 15 is 0 Å². The summed E-state index contributed by atoms with van der Waals surface area (Å²) in [6.07, 6.45) is 5.68. The van der Waals surface area contributed by atoms with E-state index in [2.05, 4.69) is 34.5 Å². The second-order valence-electron chi connectivity index (χ2n) is 6.65. The van der Waals surface area contributed by atoms with Gasteiger partial charge < -0.3 is 15.5 Å². The van der Waals surface area contributed by atoms with Gasteiger partial charge in [-0.3, -0.25) is 9.48 Å². The average molecular weight is 307 g/mol. The third-order valence-corrected chi connectivity index (χ3v) is 4.17. The van der Waals surface area contributed by atoms with Gasteiger partial charge in [0.05, 0.1) is 6.20 Å². The van der Waals surface area contributed by atoms with Crippen LogP contribution in [0.3, 0.4) is 0 Å². The topological polar surface area (TPSA) is 62.2 Å². The Kier molecular flexibility index (Phi) is 5.97. The standard InChI is InChI=1S/C16H29N5O/c1-12(2)10-21-7-5-14(6-8-21)19-16(22)15(17-3)13-9-18-20(4)11-13/h9,11-12,14-15,17H,5-8,10H2,1-4H3,(H,19,22). The molecule has 22 heavy (non-hydrogen) atoms. The van der Waals surface area contributed by atoms with E-state index in [1.54, 1.807) is 10.9 Å². The Morgan fingerprint density at radius 1 is 1.41 bits per heavy atom. The summed E-state index contributed by atoms with van der Waals surface area (Å²) in [6.45, 7) is 7.79. The third-order valence-electron chi connectivity index (χ3n) is 4.17. The quantitative estimate of drug-likeness (QED) is 0.820. The first kappa shape index (κ1) is 17.0. The van der Waals surface area contributed by atoms with Gasteiger partial charge in [-0.05, 0) is 25.8 Å². The molecule has 1 fully saturated rings. The van der Waals surface area contributed by atoms with Crippen molar-refractivity contribution in [3.8, 4) is 0 Å². The zero-order valence-electron chi connectivity index (χ0n) is 14.2. The van der Waals surface area contributed by atoms with Gasteiger partial charge in [0.15, 0.2) is 0 Å². The van der Waals surface area contributed by atoms with Crippen molar-refractivity contribution in [2.45, 2.75) is 38.8 Å². The van der Waals surface area contributed by atoms with E-state index in [9.17, 15) is 4.79 Å². The van der Waals surface area contributed by atoms with Crippen LogP contribution in [0, 0.1) is 5.92 Å². The van der Waals surface area contributed by atoms with Gasteiger partial charge in [0.25, 0.3) is 0 Å². The van der Waals surface area contributed by atoms with Crippen LogP contribution >= 0.6 is 0 Å². The molecular weight excluding hydrogens is 278 g/mol. The summed E-state index contributed by atoms with van der Waals surface area (Å²) < 4.78 is 1.72. The lowest BCUT2D eigenvalue weighted by atomic mass is 10.0. The molecule has 2 N–H and O–H groups in total. The molecule has 1 amide bonds. The Bertz CT molecular complexity index is 477. The van der Waals surface area contributed by atoms with Crippen molar-refractivity contribution in [2.24, 2.45) is 13.0 Å². The molecule has 2 rings (SSSR count). The fourth-order valence-electron chi connectivity index (χ4n) is 3.10. The van der Waals surface area contributed by atoms with Crippen molar-refractivity contribution in [1.29, 1.82) is 0 Å². The van der Waals surface area contributed by atoms with Gasteiger partial charge in [-0.15, -0.1) is 0 Å². The molecule has 0 aromatic carbocycles. The van der Waals surface area contributed by atoms with Gasteiger partial charge >= 0.3 is 0 Å². The third kappa shape index (κ3) is 4.55. The number of carbonyl (C=O) groups is 1. The normalized spacial score (nSPS) is 18.6. The molecule has 1 aromatic rings. The predicted molar refractivity (Wildman–Crippen MR) is 87.5 cm³/mol. The largest absolute Gasteiger partial charge is 0.352 e. The molecule has 1 saturated heterocycles. The average Bonchev–Trinajstić information content (AvgIpc) is 2.87. The molecule has 0 aliphatic carbocycles. The minimum Gasteiger partial charge on any atom is -0.352 e. The first-order valence-corrected chi connectivity index (χ1v) is 8.18.